The van der Waals surface area contributed by atoms with Crippen LogP contribution in [0.4, 0.5) is 11.5 Å². The minimum Gasteiger partial charge on any atom is -0.357 e. The Kier molecular flexibility index (Phi) is 3.19. The van der Waals surface area contributed by atoms with Crippen LogP contribution in [-0.2, 0) is 4.84 Å². The van der Waals surface area contributed by atoms with Crippen molar-refractivity contribution in [3.63, 3.8) is 0 Å². The topological polar surface area (TPSA) is 58.3 Å². The maximum absolute atomic E-state index is 11.2. The van der Waals surface area contributed by atoms with Crippen molar-refractivity contribution in [2.24, 2.45) is 0 Å². The van der Waals surface area contributed by atoms with Gasteiger partial charge in [0.1, 0.15) is 6.20 Å². The van der Waals surface area contributed by atoms with Gasteiger partial charge in [0.05, 0.1) is 4.91 Å². The smallest absolute Gasteiger partial charge is 0.357 e. The molecule has 0 aliphatic carbocycles. The fraction of sp³-hybridized carbons (Fsp3) is 0.429. The fourth-order valence-corrected chi connectivity index (χ4v) is 1.03. The molecule has 6 nitrogen and oxygen atoms in total. The lowest BCUT2D eigenvalue weighted by atomic mass is 10.4. The van der Waals surface area contributed by atoms with Crippen LogP contribution in [0.1, 0.15) is 0 Å². The third kappa shape index (κ3) is 2.08. The molecule has 1 aromatic rings. The van der Waals surface area contributed by atoms with E-state index in [2.05, 4.69) is 14.8 Å². The molecule has 1 rings (SSSR count). The largest absolute Gasteiger partial charge is 0.376 e. The molecule has 0 aromatic carbocycles. The van der Waals surface area contributed by atoms with Gasteiger partial charge in [-0.3, -0.25) is 0 Å². The van der Waals surface area contributed by atoms with Crippen LogP contribution in [-0.4, -0.2) is 36.1 Å². The van der Waals surface area contributed by atoms with Gasteiger partial charge in [0.15, 0.2) is 7.11 Å². The van der Waals surface area contributed by atoms with Crippen molar-refractivity contribution in [2.75, 3.05) is 26.1 Å². The summed E-state index contributed by atoms with van der Waals surface area (Å²) in [4.78, 5) is 25.3. The molecule has 7 heteroatoms. The molecule has 0 radical (unpaired) electrons. The Balaban J connectivity index is 3.21. The second-order valence-electron chi connectivity index (χ2n) is 2.68. The molecule has 0 aliphatic heterocycles. The molecule has 0 fully saturated rings. The predicted octanol–water partition coefficient (Wildman–Crippen LogP) is 1.17. The normalized spacial score (nSPS) is 9.71. The lowest BCUT2D eigenvalue weighted by Crippen LogP contribution is -2.14. The first-order valence-electron chi connectivity index (χ1n) is 3.77. The third-order valence-corrected chi connectivity index (χ3v) is 1.69. The fourth-order valence-electron chi connectivity index (χ4n) is 0.902. The predicted molar refractivity (Wildman–Crippen MR) is 51.7 cm³/mol. The van der Waals surface area contributed by atoms with Crippen molar-refractivity contribution in [3.05, 3.63) is 16.4 Å². The summed E-state index contributed by atoms with van der Waals surface area (Å²) in [6.07, 6.45) is 1.31. The molecule has 0 aliphatic rings. The van der Waals surface area contributed by atoms with Crippen molar-refractivity contribution in [3.8, 4) is 0 Å². The van der Waals surface area contributed by atoms with E-state index in [4.69, 9.17) is 11.6 Å². The van der Waals surface area contributed by atoms with Gasteiger partial charge in [-0.15, -0.1) is 0 Å². The Morgan fingerprint density at radius 2 is 2.21 bits per heavy atom. The van der Waals surface area contributed by atoms with Crippen LogP contribution in [0.3, 0.4) is 0 Å². The monoisotopic (exact) mass is 217 g/mol. The second-order valence-corrected chi connectivity index (χ2v) is 3.02. The standard InChI is InChI=1S/C7H10ClN4O2/c1-11(2)6-5(12(13)14-3)4-9-7(8)10-6/h4H,1-3H3/q+1. The number of anilines is 1. The van der Waals surface area contributed by atoms with E-state index in [-0.39, 0.29) is 11.0 Å². The molecular formula is C7H10ClN4O2+. The van der Waals surface area contributed by atoms with Gasteiger partial charge in [-0.1, -0.05) is 0 Å². The molecule has 0 amide bonds. The minimum absolute atomic E-state index is 0.0851. The van der Waals surface area contributed by atoms with Crippen molar-refractivity contribution >= 4 is 23.1 Å². The molecule has 0 unspecified atom stereocenters. The van der Waals surface area contributed by atoms with Crippen LogP contribution < -0.4 is 4.90 Å². The van der Waals surface area contributed by atoms with Gasteiger partial charge in [-0.2, -0.15) is 4.98 Å². The molecule has 14 heavy (non-hydrogen) atoms. The molecule has 0 atom stereocenters. The number of halogens is 1. The molecule has 1 aromatic heterocycles. The molecule has 0 N–H and O–H groups in total. The molecule has 0 saturated carbocycles. The Labute approximate surface area is 86.0 Å². The van der Waals surface area contributed by atoms with E-state index in [1.165, 1.54) is 13.3 Å². The molecule has 76 valence electrons. The van der Waals surface area contributed by atoms with E-state index in [0.29, 0.717) is 10.7 Å². The quantitative estimate of drug-likeness (QED) is 0.562. The zero-order valence-corrected chi connectivity index (χ0v) is 8.82. The first kappa shape index (κ1) is 10.6. The van der Waals surface area contributed by atoms with Crippen molar-refractivity contribution in [2.45, 2.75) is 0 Å². The molecule has 0 saturated heterocycles. The zero-order chi connectivity index (χ0) is 10.7. The van der Waals surface area contributed by atoms with Crippen molar-refractivity contribution < 1.29 is 9.76 Å². The summed E-state index contributed by atoms with van der Waals surface area (Å²) in [5.74, 6) is 0.404. The van der Waals surface area contributed by atoms with Crippen LogP contribution in [0, 0.1) is 4.91 Å². The number of nitrogens with zero attached hydrogens (tertiary/aromatic N) is 4. The Hall–Kier alpha value is -1.43. The van der Waals surface area contributed by atoms with Gasteiger partial charge >= 0.3 is 5.69 Å². The van der Waals surface area contributed by atoms with Gasteiger partial charge in [0.2, 0.25) is 11.1 Å². The van der Waals surface area contributed by atoms with Crippen LogP contribution in [0.25, 0.3) is 0 Å². The number of hydrogen-bond acceptors (Lipinski definition) is 5. The summed E-state index contributed by atoms with van der Waals surface area (Å²) in [6.45, 7) is 0. The highest BCUT2D eigenvalue weighted by Crippen LogP contribution is 2.24. The van der Waals surface area contributed by atoms with E-state index in [1.807, 2.05) is 0 Å². The first-order chi connectivity index (χ1) is 6.56. The highest BCUT2D eigenvalue weighted by molar-refractivity contribution is 6.28. The van der Waals surface area contributed by atoms with Crippen LogP contribution in [0.5, 0.6) is 0 Å². The van der Waals surface area contributed by atoms with Gasteiger partial charge in [-0.05, 0) is 11.6 Å². The summed E-state index contributed by atoms with van der Waals surface area (Å²) in [5, 5.41) is 0.0851. The lowest BCUT2D eigenvalue weighted by Gasteiger charge is -2.09. The molecular weight excluding hydrogens is 208 g/mol. The summed E-state index contributed by atoms with van der Waals surface area (Å²) in [5.41, 5.74) is 0.210. The number of rotatable bonds is 3. The minimum atomic E-state index is 0.0851. The summed E-state index contributed by atoms with van der Waals surface area (Å²) in [7, 11) is 4.75. The maximum Gasteiger partial charge on any atom is 0.376 e. The lowest BCUT2D eigenvalue weighted by molar-refractivity contribution is -0.736. The average Bonchev–Trinajstić information content (AvgIpc) is 2.16. The van der Waals surface area contributed by atoms with E-state index >= 15 is 0 Å². The maximum atomic E-state index is 11.2. The number of hydrogen-bond donors (Lipinski definition) is 0. The molecule has 1 heterocycles. The van der Waals surface area contributed by atoms with Gasteiger partial charge in [0, 0.05) is 14.1 Å². The number of aromatic nitrogens is 2. The molecule has 0 bridgehead atoms. The van der Waals surface area contributed by atoms with Crippen LogP contribution >= 0.6 is 11.6 Å². The first-order valence-corrected chi connectivity index (χ1v) is 4.15. The highest BCUT2D eigenvalue weighted by Gasteiger charge is 2.24. The Bertz CT molecular complexity index is 356. The average molecular weight is 218 g/mol. The van der Waals surface area contributed by atoms with E-state index < -0.39 is 0 Å². The third-order valence-electron chi connectivity index (χ3n) is 1.51. The summed E-state index contributed by atoms with van der Waals surface area (Å²) in [6, 6.07) is 0. The van der Waals surface area contributed by atoms with E-state index in [9.17, 15) is 4.91 Å². The van der Waals surface area contributed by atoms with E-state index in [0.717, 1.165) is 0 Å². The van der Waals surface area contributed by atoms with Crippen LogP contribution in [0.2, 0.25) is 5.28 Å². The Morgan fingerprint density at radius 3 is 2.71 bits per heavy atom. The summed E-state index contributed by atoms with van der Waals surface area (Å²) < 4.78 is 0. The molecule has 0 spiro atoms. The van der Waals surface area contributed by atoms with Crippen LogP contribution in [0.15, 0.2) is 6.20 Å². The second kappa shape index (κ2) is 4.19. The Morgan fingerprint density at radius 1 is 1.57 bits per heavy atom. The van der Waals surface area contributed by atoms with Gasteiger partial charge in [-0.25, -0.2) is 9.82 Å². The van der Waals surface area contributed by atoms with Gasteiger partial charge < -0.3 is 4.90 Å². The van der Waals surface area contributed by atoms with Crippen molar-refractivity contribution in [1.29, 1.82) is 0 Å². The zero-order valence-electron chi connectivity index (χ0n) is 8.06. The van der Waals surface area contributed by atoms with Crippen molar-refractivity contribution in [1.82, 2.24) is 9.97 Å². The highest BCUT2D eigenvalue weighted by atomic mass is 35.5. The SMILES string of the molecule is CO[N+](=O)c1cnc(Cl)nc1N(C)C. The van der Waals surface area contributed by atoms with Gasteiger partial charge in [0.25, 0.3) is 4.92 Å². The van der Waals surface area contributed by atoms with E-state index in [1.54, 1.807) is 19.0 Å². The summed E-state index contributed by atoms with van der Waals surface area (Å²) >= 11 is 5.60.